The van der Waals surface area contributed by atoms with Crippen molar-refractivity contribution in [3.05, 3.63) is 81.4 Å². The first-order valence-corrected chi connectivity index (χ1v) is 12.3. The van der Waals surface area contributed by atoms with Gasteiger partial charge in [0, 0.05) is 5.56 Å². The number of nitrogens with zero attached hydrogens (tertiary/aromatic N) is 2. The SMILES string of the molecule is CCOC(=O)c1sc(N2C(=O)C(=O)/C(=C(/O)c3cccc(OC)c3)C2c2ccc(C(=O)OC)cc2)nc1C. The number of amides is 1. The molecule has 0 aliphatic carbocycles. The van der Waals surface area contributed by atoms with Crippen LogP contribution in [0.4, 0.5) is 5.13 Å². The number of benzene rings is 2. The quantitative estimate of drug-likeness (QED) is 0.205. The minimum Gasteiger partial charge on any atom is -0.507 e. The van der Waals surface area contributed by atoms with Gasteiger partial charge in [-0.3, -0.25) is 14.5 Å². The molecule has 196 valence electrons. The minimum atomic E-state index is -1.10. The molecule has 2 heterocycles. The Morgan fingerprint density at radius 3 is 2.39 bits per heavy atom. The van der Waals surface area contributed by atoms with E-state index in [1.165, 1.54) is 32.4 Å². The summed E-state index contributed by atoms with van der Waals surface area (Å²) in [6, 6.07) is 11.4. The molecule has 11 heteroatoms. The van der Waals surface area contributed by atoms with E-state index in [1.54, 1.807) is 44.2 Å². The second-order valence-electron chi connectivity index (χ2n) is 8.15. The minimum absolute atomic E-state index is 0.0828. The number of ketones is 1. The highest BCUT2D eigenvalue weighted by Gasteiger charge is 2.48. The van der Waals surface area contributed by atoms with Crippen LogP contribution in [-0.4, -0.2) is 54.5 Å². The van der Waals surface area contributed by atoms with Crippen molar-refractivity contribution in [3.63, 3.8) is 0 Å². The molecular weight excluding hydrogens is 512 g/mol. The van der Waals surface area contributed by atoms with E-state index < -0.39 is 35.4 Å². The lowest BCUT2D eigenvalue weighted by atomic mass is 9.94. The average molecular weight is 537 g/mol. The van der Waals surface area contributed by atoms with E-state index in [-0.39, 0.29) is 33.3 Å². The van der Waals surface area contributed by atoms with Gasteiger partial charge in [-0.1, -0.05) is 35.6 Å². The number of esters is 2. The maximum atomic E-state index is 13.4. The number of hydrogen-bond donors (Lipinski definition) is 1. The molecular formula is C27H24N2O8S. The predicted molar refractivity (Wildman–Crippen MR) is 138 cm³/mol. The Balaban J connectivity index is 1.91. The molecule has 0 bridgehead atoms. The number of ether oxygens (including phenoxy) is 3. The molecule has 0 spiro atoms. The molecule has 0 saturated carbocycles. The molecule has 10 nitrogen and oxygen atoms in total. The van der Waals surface area contributed by atoms with Crippen LogP contribution >= 0.6 is 11.3 Å². The van der Waals surface area contributed by atoms with Gasteiger partial charge in [0.05, 0.1) is 43.7 Å². The van der Waals surface area contributed by atoms with Crippen molar-refractivity contribution >= 4 is 45.9 Å². The van der Waals surface area contributed by atoms with Gasteiger partial charge >= 0.3 is 17.8 Å². The van der Waals surface area contributed by atoms with Gasteiger partial charge in [-0.25, -0.2) is 14.6 Å². The first kappa shape index (κ1) is 26.6. The van der Waals surface area contributed by atoms with Crippen LogP contribution in [0.25, 0.3) is 5.76 Å². The lowest BCUT2D eigenvalue weighted by Crippen LogP contribution is -2.29. The van der Waals surface area contributed by atoms with Crippen LogP contribution < -0.4 is 9.64 Å². The van der Waals surface area contributed by atoms with Crippen LogP contribution in [0.5, 0.6) is 5.75 Å². The molecule has 3 aromatic rings. The molecule has 1 amide bonds. The zero-order valence-electron chi connectivity index (χ0n) is 21.0. The zero-order valence-corrected chi connectivity index (χ0v) is 21.8. The largest absolute Gasteiger partial charge is 0.507 e. The number of anilines is 1. The lowest BCUT2D eigenvalue weighted by Gasteiger charge is -2.23. The second-order valence-corrected chi connectivity index (χ2v) is 9.12. The number of Topliss-reactive ketones (excluding diaryl/α,β-unsaturated/α-hetero) is 1. The van der Waals surface area contributed by atoms with E-state index in [1.807, 2.05) is 0 Å². The summed E-state index contributed by atoms with van der Waals surface area (Å²) in [6.07, 6.45) is 0. The summed E-state index contributed by atoms with van der Waals surface area (Å²) in [4.78, 5) is 56.8. The number of aryl methyl sites for hydroxylation is 1. The molecule has 38 heavy (non-hydrogen) atoms. The maximum absolute atomic E-state index is 13.4. The fourth-order valence-corrected chi connectivity index (χ4v) is 5.05. The van der Waals surface area contributed by atoms with Gasteiger partial charge in [0.1, 0.15) is 16.4 Å². The number of methoxy groups -OCH3 is 2. The van der Waals surface area contributed by atoms with Crippen LogP contribution in [0.1, 0.15) is 49.8 Å². The highest BCUT2D eigenvalue weighted by molar-refractivity contribution is 7.17. The molecule has 1 unspecified atom stereocenters. The number of aliphatic hydroxyl groups excluding tert-OH is 1. The molecule has 1 saturated heterocycles. The van der Waals surface area contributed by atoms with Crippen molar-refractivity contribution in [2.75, 3.05) is 25.7 Å². The monoisotopic (exact) mass is 536 g/mol. The van der Waals surface area contributed by atoms with Gasteiger partial charge < -0.3 is 19.3 Å². The molecule has 1 aromatic heterocycles. The van der Waals surface area contributed by atoms with E-state index in [0.717, 1.165) is 16.2 Å². The maximum Gasteiger partial charge on any atom is 0.350 e. The fourth-order valence-electron chi connectivity index (χ4n) is 4.06. The topological polar surface area (TPSA) is 132 Å². The molecule has 1 aliphatic rings. The Morgan fingerprint density at radius 1 is 1.05 bits per heavy atom. The van der Waals surface area contributed by atoms with Gasteiger partial charge in [0.15, 0.2) is 5.13 Å². The summed E-state index contributed by atoms with van der Waals surface area (Å²) in [5.74, 6) is -2.99. The van der Waals surface area contributed by atoms with Crippen LogP contribution in [0.15, 0.2) is 54.1 Å². The number of hydrogen-bond acceptors (Lipinski definition) is 10. The number of thiazole rings is 1. The Hall–Kier alpha value is -4.51. The summed E-state index contributed by atoms with van der Waals surface area (Å²) in [6.45, 7) is 3.42. The smallest absolute Gasteiger partial charge is 0.350 e. The first-order valence-electron chi connectivity index (χ1n) is 11.5. The van der Waals surface area contributed by atoms with Gasteiger partial charge in [0.2, 0.25) is 0 Å². The van der Waals surface area contributed by atoms with E-state index >= 15 is 0 Å². The summed E-state index contributed by atoms with van der Waals surface area (Å²) in [5, 5.41) is 11.4. The van der Waals surface area contributed by atoms with Crippen LogP contribution in [-0.2, 0) is 19.1 Å². The summed E-state index contributed by atoms with van der Waals surface area (Å²) < 4.78 is 15.1. The van der Waals surface area contributed by atoms with E-state index in [2.05, 4.69) is 4.98 Å². The summed E-state index contributed by atoms with van der Waals surface area (Å²) >= 11 is 0.905. The van der Waals surface area contributed by atoms with E-state index in [9.17, 15) is 24.3 Å². The Labute approximate surface area is 222 Å². The molecule has 1 aliphatic heterocycles. The highest BCUT2D eigenvalue weighted by atomic mass is 32.1. The van der Waals surface area contributed by atoms with Gasteiger partial charge in [-0.15, -0.1) is 0 Å². The fraction of sp³-hybridized carbons (Fsp3) is 0.222. The van der Waals surface area contributed by atoms with E-state index in [4.69, 9.17) is 14.2 Å². The third-order valence-electron chi connectivity index (χ3n) is 5.89. The Bertz CT molecular complexity index is 1460. The van der Waals surface area contributed by atoms with Gasteiger partial charge in [-0.05, 0) is 43.7 Å². The predicted octanol–water partition coefficient (Wildman–Crippen LogP) is 4.05. The highest BCUT2D eigenvalue weighted by Crippen LogP contribution is 2.44. The number of aliphatic hydroxyl groups is 1. The van der Waals surface area contributed by atoms with Crippen LogP contribution in [0.3, 0.4) is 0 Å². The number of rotatable bonds is 7. The second kappa shape index (κ2) is 10.9. The molecule has 2 aromatic carbocycles. The molecule has 4 rings (SSSR count). The zero-order chi connectivity index (χ0) is 27.6. The third-order valence-corrected chi connectivity index (χ3v) is 7.02. The van der Waals surface area contributed by atoms with Crippen molar-refractivity contribution in [1.29, 1.82) is 0 Å². The summed E-state index contributed by atoms with van der Waals surface area (Å²) in [5.41, 5.74) is 1.10. The van der Waals surface area contributed by atoms with Crippen molar-refractivity contribution in [2.24, 2.45) is 0 Å². The number of carbonyl (C=O) groups excluding carboxylic acids is 4. The summed E-state index contributed by atoms with van der Waals surface area (Å²) in [7, 11) is 2.72. The molecule has 0 radical (unpaired) electrons. The van der Waals surface area contributed by atoms with Gasteiger partial charge in [0.25, 0.3) is 5.78 Å². The van der Waals surface area contributed by atoms with Crippen LogP contribution in [0.2, 0.25) is 0 Å². The third kappa shape index (κ3) is 4.75. The first-order chi connectivity index (χ1) is 18.2. The standard InChI is InChI=1S/C27H24N2O8S/c1-5-37-26(34)23-14(2)28-27(38-23)29-20(15-9-11-16(12-10-15)25(33)36-4)19(22(31)24(29)32)21(30)17-7-6-8-18(13-17)35-3/h6-13,20,30H,5H2,1-4H3/b21-19+. The van der Waals surface area contributed by atoms with Gasteiger partial charge in [-0.2, -0.15) is 0 Å². The molecule has 1 fully saturated rings. The van der Waals surface area contributed by atoms with Crippen molar-refractivity contribution in [1.82, 2.24) is 4.98 Å². The number of aromatic nitrogens is 1. The van der Waals surface area contributed by atoms with Crippen molar-refractivity contribution < 1.29 is 38.5 Å². The van der Waals surface area contributed by atoms with Crippen molar-refractivity contribution in [3.8, 4) is 5.75 Å². The normalized spacial score (nSPS) is 16.4. The Morgan fingerprint density at radius 2 is 1.76 bits per heavy atom. The average Bonchev–Trinajstić information content (AvgIpc) is 3.44. The van der Waals surface area contributed by atoms with Crippen LogP contribution in [0, 0.1) is 6.92 Å². The number of carbonyl (C=O) groups is 4. The van der Waals surface area contributed by atoms with E-state index in [0.29, 0.717) is 17.0 Å². The molecule has 1 atom stereocenters. The lowest BCUT2D eigenvalue weighted by molar-refractivity contribution is -0.132. The Kier molecular flexibility index (Phi) is 7.58. The van der Waals surface area contributed by atoms with Crippen molar-refractivity contribution in [2.45, 2.75) is 19.9 Å². The molecule has 1 N–H and O–H groups in total.